The number of likely N-dealkylation sites (tertiary alicyclic amines) is 1. The highest BCUT2D eigenvalue weighted by atomic mass is 16.3. The first-order valence-electron chi connectivity index (χ1n) is 5.28. The Kier molecular flexibility index (Phi) is 2.01. The second-order valence-corrected chi connectivity index (χ2v) is 4.25. The molecule has 0 unspecified atom stereocenters. The normalized spacial score (nSPS) is 18.2. The van der Waals surface area contributed by atoms with Gasteiger partial charge in [0.15, 0.2) is 0 Å². The van der Waals surface area contributed by atoms with Crippen molar-refractivity contribution in [1.82, 2.24) is 9.88 Å². The molecule has 0 aliphatic carbocycles. The molecule has 3 nitrogen and oxygen atoms in total. The number of aromatic amines is 1. The average molecular weight is 202 g/mol. The molecule has 0 radical (unpaired) electrons. The van der Waals surface area contributed by atoms with Crippen LogP contribution in [0.4, 0.5) is 0 Å². The van der Waals surface area contributed by atoms with Gasteiger partial charge in [-0.1, -0.05) is 6.07 Å². The zero-order valence-electron chi connectivity index (χ0n) is 8.48. The van der Waals surface area contributed by atoms with Crippen molar-refractivity contribution in [1.29, 1.82) is 0 Å². The molecule has 0 atom stereocenters. The molecular weight excluding hydrogens is 188 g/mol. The molecule has 3 heteroatoms. The zero-order valence-corrected chi connectivity index (χ0v) is 8.48. The van der Waals surface area contributed by atoms with Crippen LogP contribution in [-0.4, -0.2) is 34.2 Å². The molecule has 0 amide bonds. The topological polar surface area (TPSA) is 39.3 Å². The Hall–Kier alpha value is -1.32. The van der Waals surface area contributed by atoms with Crippen LogP contribution in [0.3, 0.4) is 0 Å². The maximum Gasteiger partial charge on any atom is 0.0794 e. The van der Waals surface area contributed by atoms with Crippen LogP contribution in [-0.2, 0) is 6.54 Å². The lowest BCUT2D eigenvalue weighted by atomic mass is 10.1. The van der Waals surface area contributed by atoms with E-state index in [-0.39, 0.29) is 6.10 Å². The summed E-state index contributed by atoms with van der Waals surface area (Å²) >= 11 is 0. The second-order valence-electron chi connectivity index (χ2n) is 4.25. The number of H-pyrrole nitrogens is 1. The van der Waals surface area contributed by atoms with Crippen molar-refractivity contribution in [3.8, 4) is 0 Å². The first-order valence-corrected chi connectivity index (χ1v) is 5.28. The van der Waals surface area contributed by atoms with Gasteiger partial charge >= 0.3 is 0 Å². The van der Waals surface area contributed by atoms with Crippen LogP contribution in [0.15, 0.2) is 30.5 Å². The Balaban J connectivity index is 1.79. The Labute approximate surface area is 88.3 Å². The minimum Gasteiger partial charge on any atom is -0.390 e. The number of rotatable bonds is 2. The van der Waals surface area contributed by atoms with Gasteiger partial charge in [-0.05, 0) is 29.1 Å². The number of hydrogen-bond acceptors (Lipinski definition) is 2. The highest BCUT2D eigenvalue weighted by molar-refractivity contribution is 5.79. The van der Waals surface area contributed by atoms with Gasteiger partial charge in [-0.25, -0.2) is 0 Å². The van der Waals surface area contributed by atoms with Crippen LogP contribution in [0.25, 0.3) is 10.9 Å². The summed E-state index contributed by atoms with van der Waals surface area (Å²) in [4.78, 5) is 5.43. The monoisotopic (exact) mass is 202 g/mol. The molecule has 1 saturated heterocycles. The van der Waals surface area contributed by atoms with E-state index in [9.17, 15) is 5.11 Å². The standard InChI is InChI=1S/C12H14N2O/c15-11-7-14(8-11)6-9-1-2-12-10(5-9)3-4-13-12/h1-5,11,13,15H,6-8H2. The minimum absolute atomic E-state index is 0.110. The summed E-state index contributed by atoms with van der Waals surface area (Å²) in [5, 5.41) is 10.4. The van der Waals surface area contributed by atoms with E-state index in [0.717, 1.165) is 19.6 Å². The van der Waals surface area contributed by atoms with Gasteiger partial charge < -0.3 is 10.1 Å². The lowest BCUT2D eigenvalue weighted by Crippen LogP contribution is -2.49. The molecule has 0 spiro atoms. The van der Waals surface area contributed by atoms with Crippen molar-refractivity contribution in [3.63, 3.8) is 0 Å². The van der Waals surface area contributed by atoms with Gasteiger partial charge in [0.25, 0.3) is 0 Å². The molecule has 1 aliphatic rings. The predicted octanol–water partition coefficient (Wildman–Crippen LogP) is 1.34. The van der Waals surface area contributed by atoms with Crippen LogP contribution in [0.2, 0.25) is 0 Å². The van der Waals surface area contributed by atoms with Crippen molar-refractivity contribution in [2.24, 2.45) is 0 Å². The minimum atomic E-state index is -0.110. The SMILES string of the molecule is OC1CN(Cc2ccc3[nH]ccc3c2)C1. The molecule has 1 aromatic heterocycles. The third-order valence-corrected chi connectivity index (χ3v) is 2.96. The lowest BCUT2D eigenvalue weighted by molar-refractivity contribution is -0.00284. The van der Waals surface area contributed by atoms with Gasteiger partial charge in [0.1, 0.15) is 0 Å². The lowest BCUT2D eigenvalue weighted by Gasteiger charge is -2.35. The summed E-state index contributed by atoms with van der Waals surface area (Å²) in [7, 11) is 0. The molecule has 1 aliphatic heterocycles. The maximum atomic E-state index is 9.19. The van der Waals surface area contributed by atoms with Crippen molar-refractivity contribution in [3.05, 3.63) is 36.0 Å². The van der Waals surface area contributed by atoms with Crippen LogP contribution in [0, 0.1) is 0 Å². The van der Waals surface area contributed by atoms with Crippen LogP contribution < -0.4 is 0 Å². The van der Waals surface area contributed by atoms with Gasteiger partial charge in [-0.15, -0.1) is 0 Å². The third-order valence-electron chi connectivity index (χ3n) is 2.96. The number of hydrogen-bond donors (Lipinski definition) is 2. The van der Waals surface area contributed by atoms with Crippen molar-refractivity contribution >= 4 is 10.9 Å². The predicted molar refractivity (Wildman–Crippen MR) is 59.6 cm³/mol. The van der Waals surface area contributed by atoms with E-state index in [0.29, 0.717) is 0 Å². The van der Waals surface area contributed by atoms with Crippen LogP contribution >= 0.6 is 0 Å². The van der Waals surface area contributed by atoms with Crippen molar-refractivity contribution in [2.75, 3.05) is 13.1 Å². The van der Waals surface area contributed by atoms with Gasteiger partial charge in [-0.3, -0.25) is 4.90 Å². The summed E-state index contributed by atoms with van der Waals surface area (Å²) in [6.07, 6.45) is 1.85. The first kappa shape index (κ1) is 8.95. The van der Waals surface area contributed by atoms with E-state index in [1.807, 2.05) is 6.20 Å². The van der Waals surface area contributed by atoms with E-state index in [1.54, 1.807) is 0 Å². The molecule has 0 bridgehead atoms. The number of aromatic nitrogens is 1. The highest BCUT2D eigenvalue weighted by Gasteiger charge is 2.23. The molecule has 1 fully saturated rings. The molecule has 0 saturated carbocycles. The van der Waals surface area contributed by atoms with Gasteiger partial charge in [-0.2, -0.15) is 0 Å². The average Bonchev–Trinajstić information content (AvgIpc) is 2.62. The molecule has 78 valence electrons. The molecule has 15 heavy (non-hydrogen) atoms. The van der Waals surface area contributed by atoms with Crippen molar-refractivity contribution < 1.29 is 5.11 Å². The van der Waals surface area contributed by atoms with E-state index < -0.39 is 0 Å². The number of β-amino-alcohol motifs (C(OH)–C–C–N with tert-alkyl or cyclic N) is 1. The van der Waals surface area contributed by atoms with E-state index in [2.05, 4.69) is 34.1 Å². The van der Waals surface area contributed by atoms with E-state index in [4.69, 9.17) is 0 Å². The quantitative estimate of drug-likeness (QED) is 0.771. The molecule has 1 aromatic carbocycles. The summed E-state index contributed by atoms with van der Waals surface area (Å²) in [6.45, 7) is 2.56. The van der Waals surface area contributed by atoms with E-state index in [1.165, 1.54) is 16.5 Å². The fourth-order valence-electron chi connectivity index (χ4n) is 2.13. The summed E-state index contributed by atoms with van der Waals surface area (Å²) < 4.78 is 0. The fraction of sp³-hybridized carbons (Fsp3) is 0.333. The second kappa shape index (κ2) is 3.36. The van der Waals surface area contributed by atoms with Gasteiger partial charge in [0.05, 0.1) is 6.10 Å². The number of nitrogens with zero attached hydrogens (tertiary/aromatic N) is 1. The Bertz CT molecular complexity index is 471. The molecule has 2 aromatic rings. The van der Waals surface area contributed by atoms with Gasteiger partial charge in [0.2, 0.25) is 0 Å². The number of aliphatic hydroxyl groups excluding tert-OH is 1. The zero-order chi connectivity index (χ0) is 10.3. The number of aliphatic hydroxyl groups is 1. The maximum absolute atomic E-state index is 9.19. The van der Waals surface area contributed by atoms with Crippen LogP contribution in [0.5, 0.6) is 0 Å². The molecular formula is C12H14N2O. The molecule has 3 rings (SSSR count). The number of benzene rings is 1. The fourth-order valence-corrected chi connectivity index (χ4v) is 2.13. The Morgan fingerprint density at radius 3 is 3.00 bits per heavy atom. The first-order chi connectivity index (χ1) is 7.31. The number of nitrogens with one attached hydrogen (secondary N) is 1. The third kappa shape index (κ3) is 1.64. The van der Waals surface area contributed by atoms with Crippen LogP contribution in [0.1, 0.15) is 5.56 Å². The summed E-state index contributed by atoms with van der Waals surface area (Å²) in [5.74, 6) is 0. The molecule has 2 N–H and O–H groups in total. The Morgan fingerprint density at radius 1 is 1.33 bits per heavy atom. The number of fused-ring (bicyclic) bond motifs is 1. The Morgan fingerprint density at radius 2 is 2.20 bits per heavy atom. The smallest absolute Gasteiger partial charge is 0.0794 e. The molecule has 2 heterocycles. The van der Waals surface area contributed by atoms with Crippen molar-refractivity contribution in [2.45, 2.75) is 12.6 Å². The van der Waals surface area contributed by atoms with E-state index >= 15 is 0 Å². The highest BCUT2D eigenvalue weighted by Crippen LogP contribution is 2.18. The summed E-state index contributed by atoms with van der Waals surface area (Å²) in [5.41, 5.74) is 2.50. The summed E-state index contributed by atoms with van der Waals surface area (Å²) in [6, 6.07) is 8.55. The van der Waals surface area contributed by atoms with Gasteiger partial charge in [0, 0.05) is 31.3 Å². The largest absolute Gasteiger partial charge is 0.390 e.